The molecule has 0 fully saturated rings. The normalized spacial score (nSPS) is 11.7. The molecule has 2 heterocycles. The van der Waals surface area contributed by atoms with E-state index in [1.807, 2.05) is 11.4 Å². The Morgan fingerprint density at radius 2 is 1.74 bits per heavy atom. The molecule has 0 unspecified atom stereocenters. The molecule has 10 heteroatoms. The minimum Gasteiger partial charge on any atom is -0.493 e. The van der Waals surface area contributed by atoms with Gasteiger partial charge in [0, 0.05) is 23.2 Å². The summed E-state index contributed by atoms with van der Waals surface area (Å²) in [7, 11) is 4.58. The second kappa shape index (κ2) is 10.3. The summed E-state index contributed by atoms with van der Waals surface area (Å²) in [5, 5.41) is 6.36. The van der Waals surface area contributed by atoms with Crippen molar-refractivity contribution in [1.82, 2.24) is 9.66 Å². The predicted octanol–water partition coefficient (Wildman–Crippen LogP) is 5.03. The van der Waals surface area contributed by atoms with Crippen molar-refractivity contribution < 1.29 is 23.0 Å². The van der Waals surface area contributed by atoms with Gasteiger partial charge < -0.3 is 14.2 Å². The molecule has 2 aromatic heterocycles. The van der Waals surface area contributed by atoms with Crippen LogP contribution in [0.3, 0.4) is 0 Å². The number of nitrogens with zero attached hydrogens (tertiary/aromatic N) is 4. The number of hydrogen-bond acceptors (Lipinski definition) is 7. The largest absolute Gasteiger partial charge is 0.493 e. The number of aromatic nitrogens is 2. The zero-order chi connectivity index (χ0) is 24.1. The van der Waals surface area contributed by atoms with E-state index in [4.69, 9.17) is 14.2 Å². The Bertz CT molecular complexity index is 1380. The second-order valence-electron chi connectivity index (χ2n) is 6.84. The van der Waals surface area contributed by atoms with E-state index in [1.165, 1.54) is 38.7 Å². The van der Waals surface area contributed by atoms with Crippen molar-refractivity contribution in [1.29, 1.82) is 0 Å². The van der Waals surface area contributed by atoms with Crippen LogP contribution >= 0.6 is 11.3 Å². The zero-order valence-corrected chi connectivity index (χ0v) is 19.3. The maximum Gasteiger partial charge on any atom is 0.211 e. The van der Waals surface area contributed by atoms with Crippen LogP contribution in [0.4, 0.5) is 14.5 Å². The molecule has 0 saturated heterocycles. The van der Waals surface area contributed by atoms with Crippen LogP contribution < -0.4 is 19.0 Å². The Morgan fingerprint density at radius 3 is 2.35 bits per heavy atom. The molecule has 0 radical (unpaired) electrons. The van der Waals surface area contributed by atoms with Crippen LogP contribution in [0.15, 0.2) is 70.2 Å². The van der Waals surface area contributed by atoms with Gasteiger partial charge in [0.2, 0.25) is 10.6 Å². The molecule has 0 amide bonds. The smallest absolute Gasteiger partial charge is 0.211 e. The Labute approximate surface area is 198 Å². The number of hydrogen-bond donors (Lipinski definition) is 0. The molecule has 0 bridgehead atoms. The van der Waals surface area contributed by atoms with Gasteiger partial charge >= 0.3 is 0 Å². The van der Waals surface area contributed by atoms with Gasteiger partial charge in [0.25, 0.3) is 0 Å². The molecular formula is C24H20F2N4O3S. The molecule has 0 N–H and O–H groups in total. The van der Waals surface area contributed by atoms with Gasteiger partial charge in [-0.15, -0.1) is 11.3 Å². The predicted molar refractivity (Wildman–Crippen MR) is 126 cm³/mol. The molecule has 0 saturated carbocycles. The fourth-order valence-corrected chi connectivity index (χ4v) is 4.01. The molecule has 4 rings (SSSR count). The van der Waals surface area contributed by atoms with Crippen LogP contribution in [-0.2, 0) is 0 Å². The number of rotatable bonds is 7. The van der Waals surface area contributed by atoms with E-state index in [0.717, 1.165) is 12.1 Å². The average molecular weight is 483 g/mol. The zero-order valence-electron chi connectivity index (χ0n) is 18.5. The summed E-state index contributed by atoms with van der Waals surface area (Å²) in [6.07, 6.45) is 3.22. The highest BCUT2D eigenvalue weighted by atomic mass is 32.1. The Hall–Kier alpha value is -4.05. The van der Waals surface area contributed by atoms with Crippen LogP contribution in [-0.4, -0.2) is 37.2 Å². The van der Waals surface area contributed by atoms with Gasteiger partial charge in [-0.25, -0.2) is 18.4 Å². The summed E-state index contributed by atoms with van der Waals surface area (Å²) in [6, 6.07) is 12.2. The molecule has 2 aromatic carbocycles. The SMILES string of the molecule is COc1cc(-c2csc(=Nc3ccc(F)cc3F)n2N=Cc2ccccn2)cc(OC)c1OC. The van der Waals surface area contributed by atoms with Gasteiger partial charge in [-0.1, -0.05) is 6.07 Å². The molecule has 0 aliphatic rings. The quantitative estimate of drug-likeness (QED) is 0.347. The third kappa shape index (κ3) is 4.81. The second-order valence-corrected chi connectivity index (χ2v) is 7.67. The van der Waals surface area contributed by atoms with Gasteiger partial charge in [-0.2, -0.15) is 5.10 Å². The summed E-state index contributed by atoms with van der Waals surface area (Å²) < 4.78 is 45.5. The van der Waals surface area contributed by atoms with Crippen molar-refractivity contribution >= 4 is 23.2 Å². The van der Waals surface area contributed by atoms with Crippen LogP contribution in [0.1, 0.15) is 5.69 Å². The number of thiazole rings is 1. The molecule has 174 valence electrons. The van der Waals surface area contributed by atoms with Crippen LogP contribution in [0.5, 0.6) is 17.2 Å². The number of pyridine rings is 1. The molecule has 0 aliphatic heterocycles. The number of halogens is 2. The van der Waals surface area contributed by atoms with Crippen molar-refractivity contribution in [3.05, 3.63) is 82.2 Å². The van der Waals surface area contributed by atoms with Gasteiger partial charge in [0.05, 0.1) is 38.9 Å². The highest BCUT2D eigenvalue weighted by molar-refractivity contribution is 7.07. The Balaban J connectivity index is 1.92. The topological polar surface area (TPSA) is 70.2 Å². The van der Waals surface area contributed by atoms with Gasteiger partial charge in [-0.3, -0.25) is 4.98 Å². The Morgan fingerprint density at radius 1 is 0.971 bits per heavy atom. The van der Waals surface area contributed by atoms with Crippen molar-refractivity contribution in [2.75, 3.05) is 21.3 Å². The van der Waals surface area contributed by atoms with Crippen LogP contribution in [0.25, 0.3) is 11.3 Å². The van der Waals surface area contributed by atoms with E-state index in [9.17, 15) is 8.78 Å². The minimum absolute atomic E-state index is 0.0125. The van der Waals surface area contributed by atoms with Gasteiger partial charge in [-0.05, 0) is 36.4 Å². The first-order valence-corrected chi connectivity index (χ1v) is 10.9. The summed E-state index contributed by atoms with van der Waals surface area (Å²) in [5.41, 5.74) is 1.94. The lowest BCUT2D eigenvalue weighted by Gasteiger charge is -2.14. The van der Waals surface area contributed by atoms with Gasteiger partial charge in [0.1, 0.15) is 11.5 Å². The van der Waals surface area contributed by atoms with E-state index in [0.29, 0.717) is 39.0 Å². The third-order valence-corrected chi connectivity index (χ3v) is 5.58. The Kier molecular flexibility index (Phi) is 6.98. The standard InChI is InChI=1S/C24H20F2N4O3S/c1-31-21-10-15(11-22(32-2)23(21)33-3)20-14-34-24(29-19-8-7-16(25)12-18(19)26)30(20)28-13-17-6-4-5-9-27-17/h4-14H,1-3H3. The van der Waals surface area contributed by atoms with Gasteiger partial charge in [0.15, 0.2) is 17.3 Å². The van der Waals surface area contributed by atoms with Crippen molar-refractivity contribution in [3.8, 4) is 28.5 Å². The van der Waals surface area contributed by atoms with Crippen LogP contribution in [0.2, 0.25) is 0 Å². The summed E-state index contributed by atoms with van der Waals surface area (Å²) >= 11 is 1.24. The third-order valence-electron chi connectivity index (χ3n) is 4.76. The first kappa shape index (κ1) is 23.1. The van der Waals surface area contributed by atoms with Crippen molar-refractivity contribution in [3.63, 3.8) is 0 Å². The molecule has 0 spiro atoms. The lowest BCUT2D eigenvalue weighted by molar-refractivity contribution is 0.324. The first-order chi connectivity index (χ1) is 16.5. The van der Waals surface area contributed by atoms with E-state index < -0.39 is 11.6 Å². The fourth-order valence-electron chi connectivity index (χ4n) is 3.16. The van der Waals surface area contributed by atoms with Crippen molar-refractivity contribution in [2.24, 2.45) is 10.1 Å². The maximum absolute atomic E-state index is 14.3. The molecular weight excluding hydrogens is 462 g/mol. The lowest BCUT2D eigenvalue weighted by Crippen LogP contribution is -2.12. The molecule has 7 nitrogen and oxygen atoms in total. The molecule has 0 aliphatic carbocycles. The summed E-state index contributed by atoms with van der Waals surface area (Å²) in [5.74, 6) is -0.0756. The van der Waals surface area contributed by atoms with E-state index in [1.54, 1.807) is 41.4 Å². The van der Waals surface area contributed by atoms with E-state index >= 15 is 0 Å². The van der Waals surface area contributed by atoms with E-state index in [-0.39, 0.29) is 5.69 Å². The number of ether oxygens (including phenoxy) is 3. The minimum atomic E-state index is -0.775. The number of methoxy groups -OCH3 is 3. The first-order valence-electron chi connectivity index (χ1n) is 10.00. The molecule has 34 heavy (non-hydrogen) atoms. The van der Waals surface area contributed by atoms with Crippen molar-refractivity contribution in [2.45, 2.75) is 0 Å². The maximum atomic E-state index is 14.3. The summed E-state index contributed by atoms with van der Waals surface area (Å²) in [4.78, 5) is 8.99. The fraction of sp³-hybridized carbons (Fsp3) is 0.125. The molecule has 4 aromatic rings. The lowest BCUT2D eigenvalue weighted by atomic mass is 10.1. The summed E-state index contributed by atoms with van der Waals surface area (Å²) in [6.45, 7) is 0. The van der Waals surface area contributed by atoms with E-state index in [2.05, 4.69) is 15.1 Å². The van der Waals surface area contributed by atoms with Crippen LogP contribution in [0, 0.1) is 11.6 Å². The highest BCUT2D eigenvalue weighted by Gasteiger charge is 2.17. The molecule has 0 atom stereocenters. The highest BCUT2D eigenvalue weighted by Crippen LogP contribution is 2.41. The monoisotopic (exact) mass is 482 g/mol. The average Bonchev–Trinajstić information content (AvgIpc) is 3.26. The number of benzene rings is 2.